The maximum absolute atomic E-state index is 12.3. The molecule has 96 valence electrons. The van der Waals surface area contributed by atoms with Gasteiger partial charge < -0.3 is 14.8 Å². The van der Waals surface area contributed by atoms with E-state index in [1.54, 1.807) is 38.2 Å². The largest absolute Gasteiger partial charge is 0.489 e. The highest BCUT2D eigenvalue weighted by molar-refractivity contribution is 6.30. The van der Waals surface area contributed by atoms with Crippen LogP contribution in [0.5, 0.6) is 0 Å². The smallest absolute Gasteiger partial charge is 0.250 e. The zero-order valence-corrected chi connectivity index (χ0v) is 11.2. The highest BCUT2D eigenvalue weighted by atomic mass is 35.5. The molecule has 0 bridgehead atoms. The molecule has 1 aliphatic rings. The van der Waals surface area contributed by atoms with Crippen molar-refractivity contribution in [1.29, 1.82) is 0 Å². The molecule has 0 amide bonds. The van der Waals surface area contributed by atoms with Gasteiger partial charge in [0.25, 0.3) is 5.78 Å². The van der Waals surface area contributed by atoms with E-state index < -0.39 is 5.60 Å². The molecule has 1 atom stereocenters. The van der Waals surface area contributed by atoms with E-state index in [1.165, 1.54) is 7.11 Å². The van der Waals surface area contributed by atoms with Crippen LogP contribution >= 0.6 is 11.6 Å². The Kier molecular flexibility index (Phi) is 3.22. The molecule has 1 unspecified atom stereocenters. The lowest BCUT2D eigenvalue weighted by molar-refractivity contribution is -0.132. The predicted molar refractivity (Wildman–Crippen MR) is 68.0 cm³/mol. The molecule has 0 fully saturated rings. The molecule has 0 saturated heterocycles. The molecular weight excluding hydrogens is 254 g/mol. The number of ether oxygens (including phenoxy) is 2. The Morgan fingerprint density at radius 3 is 2.39 bits per heavy atom. The Balaban J connectivity index is 2.41. The SMILES string of the molecule is CNC1=C(OC)C(=O)C(C)(c2ccc(Cl)cc2)O1. The van der Waals surface area contributed by atoms with Gasteiger partial charge in [0, 0.05) is 17.6 Å². The van der Waals surface area contributed by atoms with Gasteiger partial charge >= 0.3 is 0 Å². The summed E-state index contributed by atoms with van der Waals surface area (Å²) in [6.07, 6.45) is 0. The molecule has 5 heteroatoms. The molecule has 1 heterocycles. The fourth-order valence-corrected chi connectivity index (χ4v) is 2.05. The first-order chi connectivity index (χ1) is 8.52. The number of Topliss-reactive ketones (excluding diaryl/α,β-unsaturated/α-hetero) is 1. The van der Waals surface area contributed by atoms with Crippen LogP contribution in [-0.2, 0) is 19.9 Å². The first-order valence-electron chi connectivity index (χ1n) is 5.49. The van der Waals surface area contributed by atoms with Gasteiger partial charge in [-0.2, -0.15) is 0 Å². The molecule has 0 radical (unpaired) electrons. The topological polar surface area (TPSA) is 47.6 Å². The summed E-state index contributed by atoms with van der Waals surface area (Å²) in [4.78, 5) is 12.3. The van der Waals surface area contributed by atoms with Gasteiger partial charge in [-0.05, 0) is 19.1 Å². The predicted octanol–water partition coefficient (Wildman–Crippen LogP) is 2.19. The van der Waals surface area contributed by atoms with Crippen LogP contribution in [0.3, 0.4) is 0 Å². The Hall–Kier alpha value is -1.68. The molecule has 18 heavy (non-hydrogen) atoms. The van der Waals surface area contributed by atoms with Crippen LogP contribution < -0.4 is 5.32 Å². The number of rotatable bonds is 3. The van der Waals surface area contributed by atoms with Crippen molar-refractivity contribution >= 4 is 17.4 Å². The molecule has 0 saturated carbocycles. The second-order valence-corrected chi connectivity index (χ2v) is 4.52. The van der Waals surface area contributed by atoms with Gasteiger partial charge in [-0.3, -0.25) is 4.79 Å². The van der Waals surface area contributed by atoms with E-state index in [0.717, 1.165) is 5.56 Å². The average Bonchev–Trinajstić information content (AvgIpc) is 2.63. The quantitative estimate of drug-likeness (QED) is 0.912. The van der Waals surface area contributed by atoms with Gasteiger partial charge in [0.1, 0.15) is 0 Å². The Morgan fingerprint density at radius 2 is 1.94 bits per heavy atom. The van der Waals surface area contributed by atoms with E-state index in [2.05, 4.69) is 5.32 Å². The fraction of sp³-hybridized carbons (Fsp3) is 0.308. The number of ketones is 1. The third-order valence-corrected chi connectivity index (χ3v) is 3.23. The van der Waals surface area contributed by atoms with Crippen molar-refractivity contribution < 1.29 is 14.3 Å². The normalized spacial score (nSPS) is 23.0. The zero-order chi connectivity index (χ0) is 13.3. The Morgan fingerprint density at radius 1 is 1.33 bits per heavy atom. The van der Waals surface area contributed by atoms with Gasteiger partial charge in [-0.15, -0.1) is 0 Å². The molecule has 0 aliphatic carbocycles. The molecule has 1 aliphatic heterocycles. The van der Waals surface area contributed by atoms with Crippen molar-refractivity contribution in [3.8, 4) is 0 Å². The molecule has 1 aromatic rings. The molecular formula is C13H14ClNO3. The minimum absolute atomic E-state index is 0.204. The summed E-state index contributed by atoms with van der Waals surface area (Å²) >= 11 is 5.84. The van der Waals surface area contributed by atoms with Crippen LogP contribution in [-0.4, -0.2) is 19.9 Å². The molecule has 1 N–H and O–H groups in total. The summed E-state index contributed by atoms with van der Waals surface area (Å²) in [7, 11) is 3.12. The van der Waals surface area contributed by atoms with Crippen molar-refractivity contribution in [2.75, 3.05) is 14.2 Å². The number of hydrogen-bond acceptors (Lipinski definition) is 4. The molecule has 0 spiro atoms. The van der Waals surface area contributed by atoms with E-state index in [-0.39, 0.29) is 11.5 Å². The molecule has 2 rings (SSSR count). The number of carbonyl (C=O) groups excluding carboxylic acids is 1. The highest BCUT2D eigenvalue weighted by Gasteiger charge is 2.48. The zero-order valence-electron chi connectivity index (χ0n) is 10.4. The third-order valence-electron chi connectivity index (χ3n) is 2.98. The van der Waals surface area contributed by atoms with E-state index in [9.17, 15) is 4.79 Å². The van der Waals surface area contributed by atoms with Crippen molar-refractivity contribution in [3.63, 3.8) is 0 Å². The summed E-state index contributed by atoms with van der Waals surface area (Å²) in [6.45, 7) is 1.71. The van der Waals surface area contributed by atoms with E-state index >= 15 is 0 Å². The number of halogens is 1. The van der Waals surface area contributed by atoms with Crippen LogP contribution in [0.15, 0.2) is 35.9 Å². The monoisotopic (exact) mass is 267 g/mol. The van der Waals surface area contributed by atoms with Crippen LogP contribution in [0.1, 0.15) is 12.5 Å². The maximum atomic E-state index is 12.3. The second-order valence-electron chi connectivity index (χ2n) is 4.08. The summed E-state index contributed by atoms with van der Waals surface area (Å²) in [5.74, 6) is 0.339. The molecule has 1 aromatic carbocycles. The summed E-state index contributed by atoms with van der Waals surface area (Å²) < 4.78 is 10.8. The highest BCUT2D eigenvalue weighted by Crippen LogP contribution is 2.38. The second kappa shape index (κ2) is 4.53. The summed E-state index contributed by atoms with van der Waals surface area (Å²) in [5.41, 5.74) is -0.342. The van der Waals surface area contributed by atoms with Crippen molar-refractivity contribution in [3.05, 3.63) is 46.5 Å². The number of nitrogens with one attached hydrogen (secondary N) is 1. The first kappa shape index (κ1) is 12.8. The molecule has 0 aromatic heterocycles. The van der Waals surface area contributed by atoms with E-state index in [4.69, 9.17) is 21.1 Å². The maximum Gasteiger partial charge on any atom is 0.250 e. The number of benzene rings is 1. The van der Waals surface area contributed by atoms with Gasteiger partial charge in [0.15, 0.2) is 5.60 Å². The standard InChI is InChI=1S/C13H14ClNO3/c1-13(8-4-6-9(14)7-5-8)11(16)10(17-3)12(15-2)18-13/h4-7,15H,1-3H3. The fourth-order valence-electron chi connectivity index (χ4n) is 1.92. The van der Waals surface area contributed by atoms with E-state index in [1.807, 2.05) is 0 Å². The third kappa shape index (κ3) is 1.82. The average molecular weight is 268 g/mol. The van der Waals surface area contributed by atoms with Crippen molar-refractivity contribution in [2.24, 2.45) is 0 Å². The van der Waals surface area contributed by atoms with E-state index in [0.29, 0.717) is 10.9 Å². The number of hydrogen-bond donors (Lipinski definition) is 1. The summed E-state index contributed by atoms with van der Waals surface area (Å²) in [5, 5.41) is 3.43. The lowest BCUT2D eigenvalue weighted by Gasteiger charge is -2.23. The van der Waals surface area contributed by atoms with Crippen LogP contribution in [0.25, 0.3) is 0 Å². The first-order valence-corrected chi connectivity index (χ1v) is 5.86. The minimum atomic E-state index is -1.08. The van der Waals surface area contributed by atoms with Crippen LogP contribution in [0.2, 0.25) is 5.02 Å². The van der Waals surface area contributed by atoms with Crippen molar-refractivity contribution in [1.82, 2.24) is 5.32 Å². The number of methoxy groups -OCH3 is 1. The Labute approximate surface area is 111 Å². The lowest BCUT2D eigenvalue weighted by Crippen LogP contribution is -2.31. The van der Waals surface area contributed by atoms with Gasteiger partial charge in [0.2, 0.25) is 11.6 Å². The van der Waals surface area contributed by atoms with Crippen molar-refractivity contribution in [2.45, 2.75) is 12.5 Å². The van der Waals surface area contributed by atoms with Crippen LogP contribution in [0, 0.1) is 0 Å². The van der Waals surface area contributed by atoms with Gasteiger partial charge in [0.05, 0.1) is 7.11 Å². The summed E-state index contributed by atoms with van der Waals surface area (Å²) in [6, 6.07) is 6.99. The minimum Gasteiger partial charge on any atom is -0.489 e. The van der Waals surface area contributed by atoms with Gasteiger partial charge in [-0.1, -0.05) is 23.7 Å². The Bertz CT molecular complexity index is 509. The molecule has 4 nitrogen and oxygen atoms in total. The number of carbonyl (C=O) groups is 1. The lowest BCUT2D eigenvalue weighted by atomic mass is 9.92. The van der Waals surface area contributed by atoms with Crippen LogP contribution in [0.4, 0.5) is 0 Å². The van der Waals surface area contributed by atoms with Gasteiger partial charge in [-0.25, -0.2) is 0 Å².